The monoisotopic (exact) mass is 266 g/mol. The van der Waals surface area contributed by atoms with Crippen molar-refractivity contribution in [2.24, 2.45) is 0 Å². The summed E-state index contributed by atoms with van der Waals surface area (Å²) >= 11 is 0. The molecule has 0 radical (unpaired) electrons. The molecule has 0 aliphatic carbocycles. The predicted octanol–water partition coefficient (Wildman–Crippen LogP) is 1.70. The lowest BCUT2D eigenvalue weighted by atomic mass is 10.2. The fraction of sp³-hybridized carbons (Fsp3) is 0.429. The summed E-state index contributed by atoms with van der Waals surface area (Å²) in [5.74, 6) is -0.785. The summed E-state index contributed by atoms with van der Waals surface area (Å²) in [5, 5.41) is 0. The summed E-state index contributed by atoms with van der Waals surface area (Å²) in [7, 11) is 0. The summed E-state index contributed by atoms with van der Waals surface area (Å²) in [6, 6.07) is 9.58. The molecular formula is C14H18O5. The number of esters is 2. The maximum Gasteiger partial charge on any atom is 0.302 e. The molecule has 0 aromatic heterocycles. The van der Waals surface area contributed by atoms with Crippen LogP contribution >= 0.6 is 0 Å². The van der Waals surface area contributed by atoms with Crippen molar-refractivity contribution < 1.29 is 23.8 Å². The molecule has 0 fully saturated rings. The number of benzene rings is 1. The fourth-order valence-electron chi connectivity index (χ4n) is 1.35. The first-order valence-electron chi connectivity index (χ1n) is 6.00. The van der Waals surface area contributed by atoms with Gasteiger partial charge in [0.25, 0.3) is 0 Å². The Balaban J connectivity index is 2.43. The predicted molar refractivity (Wildman–Crippen MR) is 68.3 cm³/mol. The van der Waals surface area contributed by atoms with E-state index in [2.05, 4.69) is 0 Å². The highest BCUT2D eigenvalue weighted by molar-refractivity contribution is 5.66. The molecule has 19 heavy (non-hydrogen) atoms. The number of rotatable bonds is 7. The van der Waals surface area contributed by atoms with Gasteiger partial charge in [0.15, 0.2) is 0 Å². The first-order chi connectivity index (χ1) is 9.08. The van der Waals surface area contributed by atoms with Crippen molar-refractivity contribution in [3.05, 3.63) is 35.9 Å². The topological polar surface area (TPSA) is 61.8 Å². The Labute approximate surface area is 112 Å². The van der Waals surface area contributed by atoms with Gasteiger partial charge in [-0.2, -0.15) is 0 Å². The molecule has 0 heterocycles. The molecule has 1 rings (SSSR count). The van der Waals surface area contributed by atoms with Crippen LogP contribution in [-0.4, -0.2) is 31.3 Å². The maximum absolute atomic E-state index is 10.8. The Hall–Kier alpha value is -1.88. The second-order valence-corrected chi connectivity index (χ2v) is 4.02. The van der Waals surface area contributed by atoms with Crippen molar-refractivity contribution >= 4 is 11.9 Å². The van der Waals surface area contributed by atoms with Crippen LogP contribution in [-0.2, 0) is 30.4 Å². The van der Waals surface area contributed by atoms with Gasteiger partial charge in [-0.25, -0.2) is 0 Å². The Morgan fingerprint density at radius 3 is 2.00 bits per heavy atom. The van der Waals surface area contributed by atoms with E-state index in [1.807, 2.05) is 30.3 Å². The summed E-state index contributed by atoms with van der Waals surface area (Å²) in [6.07, 6.45) is -0.465. The Kier molecular flexibility index (Phi) is 6.60. The van der Waals surface area contributed by atoms with Gasteiger partial charge < -0.3 is 14.2 Å². The van der Waals surface area contributed by atoms with Crippen LogP contribution in [0.15, 0.2) is 30.3 Å². The minimum absolute atomic E-state index is 0.0649. The molecule has 0 amide bonds. The highest BCUT2D eigenvalue weighted by Crippen LogP contribution is 2.05. The first kappa shape index (κ1) is 15.2. The molecule has 0 N–H and O–H groups in total. The average molecular weight is 266 g/mol. The Morgan fingerprint density at radius 2 is 1.53 bits per heavy atom. The average Bonchev–Trinajstić information content (AvgIpc) is 2.38. The molecule has 1 aromatic carbocycles. The molecule has 0 saturated carbocycles. The van der Waals surface area contributed by atoms with E-state index in [4.69, 9.17) is 14.2 Å². The highest BCUT2D eigenvalue weighted by atomic mass is 16.6. The van der Waals surface area contributed by atoms with E-state index < -0.39 is 18.0 Å². The molecule has 5 nitrogen and oxygen atoms in total. The zero-order valence-corrected chi connectivity index (χ0v) is 11.1. The van der Waals surface area contributed by atoms with E-state index in [0.29, 0.717) is 6.61 Å². The molecule has 104 valence electrons. The highest BCUT2D eigenvalue weighted by Gasteiger charge is 2.13. The van der Waals surface area contributed by atoms with Crippen LogP contribution in [0.4, 0.5) is 0 Å². The van der Waals surface area contributed by atoms with E-state index in [-0.39, 0.29) is 13.2 Å². The summed E-state index contributed by atoms with van der Waals surface area (Å²) in [5.41, 5.74) is 0.998. The van der Waals surface area contributed by atoms with E-state index in [1.54, 1.807) is 0 Å². The third kappa shape index (κ3) is 7.21. The fourth-order valence-corrected chi connectivity index (χ4v) is 1.35. The third-order valence-electron chi connectivity index (χ3n) is 2.27. The largest absolute Gasteiger partial charge is 0.463 e. The van der Waals surface area contributed by atoms with Gasteiger partial charge in [0.1, 0.15) is 19.3 Å². The van der Waals surface area contributed by atoms with Crippen molar-refractivity contribution in [3.63, 3.8) is 0 Å². The van der Waals surface area contributed by atoms with Crippen molar-refractivity contribution in [1.29, 1.82) is 0 Å². The third-order valence-corrected chi connectivity index (χ3v) is 2.27. The molecule has 0 aliphatic heterocycles. The minimum atomic E-state index is -0.465. The van der Waals surface area contributed by atoms with E-state index in [1.165, 1.54) is 13.8 Å². The number of carbonyl (C=O) groups is 2. The smallest absolute Gasteiger partial charge is 0.302 e. The van der Waals surface area contributed by atoms with Gasteiger partial charge in [0, 0.05) is 13.8 Å². The van der Waals surface area contributed by atoms with Crippen molar-refractivity contribution in [3.8, 4) is 0 Å². The molecule has 0 bridgehead atoms. The van der Waals surface area contributed by atoms with E-state index in [0.717, 1.165) is 5.56 Å². The van der Waals surface area contributed by atoms with Gasteiger partial charge >= 0.3 is 11.9 Å². The van der Waals surface area contributed by atoms with Crippen LogP contribution in [0.3, 0.4) is 0 Å². The lowest BCUT2D eigenvalue weighted by Crippen LogP contribution is -2.27. The van der Waals surface area contributed by atoms with Crippen LogP contribution in [0.1, 0.15) is 19.4 Å². The quantitative estimate of drug-likeness (QED) is 0.703. The molecule has 1 aromatic rings. The SMILES string of the molecule is CC(=O)OCC(COC(C)=O)OCc1ccccc1. The van der Waals surface area contributed by atoms with E-state index in [9.17, 15) is 9.59 Å². The second kappa shape index (κ2) is 8.26. The maximum atomic E-state index is 10.8. The summed E-state index contributed by atoms with van der Waals surface area (Å²) < 4.78 is 15.3. The van der Waals surface area contributed by atoms with Crippen molar-refractivity contribution in [2.45, 2.75) is 26.6 Å². The van der Waals surface area contributed by atoms with Crippen molar-refractivity contribution in [2.75, 3.05) is 13.2 Å². The summed E-state index contributed by atoms with van der Waals surface area (Å²) in [6.45, 7) is 3.14. The summed E-state index contributed by atoms with van der Waals surface area (Å²) in [4.78, 5) is 21.6. The molecule has 5 heteroatoms. The second-order valence-electron chi connectivity index (χ2n) is 4.02. The molecule has 0 saturated heterocycles. The van der Waals surface area contributed by atoms with Gasteiger partial charge in [-0.15, -0.1) is 0 Å². The molecular weight excluding hydrogens is 248 g/mol. The zero-order valence-electron chi connectivity index (χ0n) is 11.1. The molecule has 0 atom stereocenters. The van der Waals surface area contributed by atoms with Crippen LogP contribution in [0.5, 0.6) is 0 Å². The number of hydrogen-bond donors (Lipinski definition) is 0. The van der Waals surface area contributed by atoms with Gasteiger partial charge in [-0.05, 0) is 5.56 Å². The van der Waals surface area contributed by atoms with Crippen LogP contribution < -0.4 is 0 Å². The Morgan fingerprint density at radius 1 is 1.00 bits per heavy atom. The van der Waals surface area contributed by atoms with Crippen LogP contribution in [0.25, 0.3) is 0 Å². The molecule has 0 unspecified atom stereocenters. The first-order valence-corrected chi connectivity index (χ1v) is 6.00. The lowest BCUT2D eigenvalue weighted by molar-refractivity contribution is -0.153. The number of ether oxygens (including phenoxy) is 3. The van der Waals surface area contributed by atoms with Gasteiger partial charge in [-0.1, -0.05) is 30.3 Å². The van der Waals surface area contributed by atoms with E-state index >= 15 is 0 Å². The van der Waals surface area contributed by atoms with Gasteiger partial charge in [0.05, 0.1) is 6.61 Å². The standard InChI is InChI=1S/C14H18O5/c1-11(15)17-9-14(10-18-12(2)16)19-8-13-6-4-3-5-7-13/h3-7,14H,8-10H2,1-2H3. The minimum Gasteiger partial charge on any atom is -0.463 e. The Bertz CT molecular complexity index is 384. The van der Waals surface area contributed by atoms with Crippen molar-refractivity contribution in [1.82, 2.24) is 0 Å². The normalized spacial score (nSPS) is 10.3. The molecule has 0 spiro atoms. The number of carbonyl (C=O) groups excluding carboxylic acids is 2. The van der Waals surface area contributed by atoms with Gasteiger partial charge in [-0.3, -0.25) is 9.59 Å². The molecule has 0 aliphatic rings. The lowest BCUT2D eigenvalue weighted by Gasteiger charge is -2.17. The zero-order chi connectivity index (χ0) is 14.1. The van der Waals surface area contributed by atoms with Crippen LogP contribution in [0, 0.1) is 0 Å². The van der Waals surface area contributed by atoms with Gasteiger partial charge in [0.2, 0.25) is 0 Å². The number of hydrogen-bond acceptors (Lipinski definition) is 5. The van der Waals surface area contributed by atoms with Crippen LogP contribution in [0.2, 0.25) is 0 Å².